The summed E-state index contributed by atoms with van der Waals surface area (Å²) in [4.78, 5) is 24.7. The Morgan fingerprint density at radius 2 is 1.94 bits per heavy atom. The van der Waals surface area contributed by atoms with E-state index in [2.05, 4.69) is 5.32 Å². The van der Waals surface area contributed by atoms with Crippen LogP contribution in [0.15, 0.2) is 24.3 Å². The van der Waals surface area contributed by atoms with Crippen LogP contribution in [0.5, 0.6) is 0 Å². The molecule has 0 bridgehead atoms. The fraction of sp³-hybridized carbons (Fsp3) is 0.333. The second-order valence-electron chi connectivity index (χ2n) is 4.26. The first-order valence-corrected chi connectivity index (χ1v) is 5.66. The maximum absolute atomic E-state index is 11.7. The number of amides is 2. The van der Waals surface area contributed by atoms with Crippen LogP contribution in [0.3, 0.4) is 0 Å². The number of β-amino-alcohol motifs (C(OH)–C–C–N with tert-alkyl or cyclic N) is 1. The summed E-state index contributed by atoms with van der Waals surface area (Å²) in [5, 5.41) is 11.6. The first kappa shape index (κ1) is 12.4. The molecule has 96 valence electrons. The van der Waals surface area contributed by atoms with Gasteiger partial charge in [-0.1, -0.05) is 0 Å². The van der Waals surface area contributed by atoms with Gasteiger partial charge in [0.05, 0.1) is 12.6 Å². The number of nitrogens with zero attached hydrogens (tertiary/aromatic N) is 1. The van der Waals surface area contributed by atoms with Gasteiger partial charge in [-0.3, -0.25) is 9.59 Å². The Kier molecular flexibility index (Phi) is 3.47. The molecule has 6 heteroatoms. The summed E-state index contributed by atoms with van der Waals surface area (Å²) in [7, 11) is 0. The summed E-state index contributed by atoms with van der Waals surface area (Å²) < 4.78 is 0. The van der Waals surface area contributed by atoms with Crippen LogP contribution in [-0.4, -0.2) is 47.6 Å². The molecule has 6 nitrogen and oxygen atoms in total. The number of likely N-dealkylation sites (tertiary alicyclic amines) is 1. The molecule has 0 aliphatic carbocycles. The van der Waals surface area contributed by atoms with Gasteiger partial charge in [-0.25, -0.2) is 0 Å². The van der Waals surface area contributed by atoms with Crippen LogP contribution in [0.25, 0.3) is 0 Å². The second-order valence-corrected chi connectivity index (χ2v) is 4.26. The van der Waals surface area contributed by atoms with E-state index in [-0.39, 0.29) is 18.4 Å². The topological polar surface area (TPSA) is 95.7 Å². The van der Waals surface area contributed by atoms with Crippen molar-refractivity contribution in [3.05, 3.63) is 29.8 Å². The average molecular weight is 249 g/mol. The number of carbonyl (C=O) groups is 2. The molecule has 1 aromatic rings. The van der Waals surface area contributed by atoms with Gasteiger partial charge in [0.2, 0.25) is 5.91 Å². The summed E-state index contributed by atoms with van der Waals surface area (Å²) >= 11 is 0. The molecule has 1 aliphatic heterocycles. The van der Waals surface area contributed by atoms with Crippen LogP contribution < -0.4 is 11.1 Å². The average Bonchev–Trinajstić information content (AvgIpc) is 2.32. The highest BCUT2D eigenvalue weighted by atomic mass is 16.3. The summed E-state index contributed by atoms with van der Waals surface area (Å²) in [6, 6.07) is 6.45. The number of nitrogens with two attached hydrogens (primary N) is 1. The lowest BCUT2D eigenvalue weighted by Crippen LogP contribution is -2.55. The van der Waals surface area contributed by atoms with E-state index < -0.39 is 6.10 Å². The van der Waals surface area contributed by atoms with Gasteiger partial charge >= 0.3 is 0 Å². The molecule has 0 atom stereocenters. The maximum Gasteiger partial charge on any atom is 0.251 e. The fourth-order valence-electron chi connectivity index (χ4n) is 1.66. The Balaban J connectivity index is 1.81. The molecule has 1 aromatic carbocycles. The Bertz CT molecular complexity index is 452. The molecule has 18 heavy (non-hydrogen) atoms. The molecule has 0 spiro atoms. The van der Waals surface area contributed by atoms with Crippen LogP contribution >= 0.6 is 0 Å². The summed E-state index contributed by atoms with van der Waals surface area (Å²) in [6.07, 6.45) is -0.429. The third-order valence-electron chi connectivity index (χ3n) is 2.79. The van der Waals surface area contributed by atoms with Gasteiger partial charge in [0.15, 0.2) is 0 Å². The van der Waals surface area contributed by atoms with Crippen LogP contribution in [-0.2, 0) is 4.79 Å². The fourth-order valence-corrected chi connectivity index (χ4v) is 1.66. The van der Waals surface area contributed by atoms with Gasteiger partial charge in [0.25, 0.3) is 5.91 Å². The van der Waals surface area contributed by atoms with E-state index in [4.69, 9.17) is 10.8 Å². The number of aliphatic hydroxyl groups excluding tert-OH is 1. The first-order valence-electron chi connectivity index (χ1n) is 5.66. The number of rotatable bonds is 3. The zero-order chi connectivity index (χ0) is 13.1. The second kappa shape index (κ2) is 5.05. The highest BCUT2D eigenvalue weighted by Crippen LogP contribution is 2.07. The molecular formula is C12H15N3O3. The molecular weight excluding hydrogens is 234 g/mol. The predicted molar refractivity (Wildman–Crippen MR) is 65.8 cm³/mol. The molecule has 0 radical (unpaired) electrons. The van der Waals surface area contributed by atoms with Crippen molar-refractivity contribution in [1.82, 2.24) is 10.2 Å². The lowest BCUT2D eigenvalue weighted by molar-refractivity contribution is -0.140. The third kappa shape index (κ3) is 2.78. The number of nitrogen functional groups attached to an aromatic ring is 1. The minimum atomic E-state index is -0.429. The molecule has 0 aromatic heterocycles. The van der Waals surface area contributed by atoms with E-state index in [1.165, 1.54) is 4.90 Å². The minimum absolute atomic E-state index is 0.0596. The number of carbonyl (C=O) groups excluding carboxylic acids is 2. The molecule has 1 fully saturated rings. The number of benzene rings is 1. The van der Waals surface area contributed by atoms with E-state index in [1.807, 2.05) is 0 Å². The summed E-state index contributed by atoms with van der Waals surface area (Å²) in [5.41, 5.74) is 6.55. The maximum atomic E-state index is 11.7. The molecule has 0 saturated carbocycles. The van der Waals surface area contributed by atoms with Crippen molar-refractivity contribution in [3.63, 3.8) is 0 Å². The van der Waals surface area contributed by atoms with Gasteiger partial charge in [-0.05, 0) is 24.3 Å². The number of nitrogens with one attached hydrogen (secondary N) is 1. The van der Waals surface area contributed by atoms with Crippen LogP contribution in [0.1, 0.15) is 10.4 Å². The van der Waals surface area contributed by atoms with Crippen LogP contribution in [0, 0.1) is 0 Å². The van der Waals surface area contributed by atoms with E-state index in [9.17, 15) is 9.59 Å². The quantitative estimate of drug-likeness (QED) is 0.611. The number of hydrogen-bond donors (Lipinski definition) is 3. The van der Waals surface area contributed by atoms with E-state index in [0.29, 0.717) is 24.3 Å². The predicted octanol–water partition coefficient (Wildman–Crippen LogP) is -0.798. The number of aliphatic hydroxyl groups is 1. The summed E-state index contributed by atoms with van der Waals surface area (Å²) in [5.74, 6) is -0.506. The highest BCUT2D eigenvalue weighted by molar-refractivity contribution is 5.96. The smallest absolute Gasteiger partial charge is 0.251 e. The molecule has 2 rings (SSSR count). The van der Waals surface area contributed by atoms with E-state index in [1.54, 1.807) is 24.3 Å². The molecule has 1 heterocycles. The molecule has 1 aliphatic rings. The number of hydrogen-bond acceptors (Lipinski definition) is 4. The van der Waals surface area contributed by atoms with Crippen LogP contribution in [0.2, 0.25) is 0 Å². The van der Waals surface area contributed by atoms with Crippen LogP contribution in [0.4, 0.5) is 5.69 Å². The lowest BCUT2D eigenvalue weighted by Gasteiger charge is -2.35. The molecule has 0 unspecified atom stereocenters. The van der Waals surface area contributed by atoms with Gasteiger partial charge in [0.1, 0.15) is 0 Å². The van der Waals surface area contributed by atoms with E-state index >= 15 is 0 Å². The third-order valence-corrected chi connectivity index (χ3v) is 2.79. The largest absolute Gasteiger partial charge is 0.399 e. The number of anilines is 1. The van der Waals surface area contributed by atoms with Crippen molar-refractivity contribution < 1.29 is 14.7 Å². The van der Waals surface area contributed by atoms with E-state index in [0.717, 1.165) is 0 Å². The van der Waals surface area contributed by atoms with Crippen molar-refractivity contribution in [3.8, 4) is 0 Å². The zero-order valence-corrected chi connectivity index (χ0v) is 9.80. The van der Waals surface area contributed by atoms with Gasteiger partial charge in [0, 0.05) is 24.3 Å². The Hall–Kier alpha value is -2.08. The lowest BCUT2D eigenvalue weighted by atomic mass is 10.1. The van der Waals surface area contributed by atoms with Crippen molar-refractivity contribution in [2.24, 2.45) is 0 Å². The van der Waals surface area contributed by atoms with Crippen molar-refractivity contribution in [2.45, 2.75) is 6.10 Å². The summed E-state index contributed by atoms with van der Waals surface area (Å²) in [6.45, 7) is 0.628. The highest BCUT2D eigenvalue weighted by Gasteiger charge is 2.28. The minimum Gasteiger partial charge on any atom is -0.399 e. The molecule has 4 N–H and O–H groups in total. The van der Waals surface area contributed by atoms with Crippen molar-refractivity contribution in [1.29, 1.82) is 0 Å². The Morgan fingerprint density at radius 3 is 2.50 bits per heavy atom. The van der Waals surface area contributed by atoms with Gasteiger partial charge in [-0.2, -0.15) is 0 Å². The molecule has 2 amide bonds. The Labute approximate surface area is 104 Å². The van der Waals surface area contributed by atoms with Crippen molar-refractivity contribution >= 4 is 17.5 Å². The zero-order valence-electron chi connectivity index (χ0n) is 9.80. The SMILES string of the molecule is Nc1ccc(C(=O)NCC(=O)N2CC(O)C2)cc1. The molecule has 1 saturated heterocycles. The Morgan fingerprint density at radius 1 is 1.33 bits per heavy atom. The van der Waals surface area contributed by atoms with Crippen molar-refractivity contribution in [2.75, 3.05) is 25.4 Å². The first-order chi connectivity index (χ1) is 8.56. The monoisotopic (exact) mass is 249 g/mol. The van der Waals surface area contributed by atoms with Gasteiger partial charge < -0.3 is 21.1 Å². The standard InChI is InChI=1S/C12H15N3O3/c13-9-3-1-8(2-4-9)12(18)14-5-11(17)15-6-10(16)7-15/h1-4,10,16H,5-7,13H2,(H,14,18). The van der Waals surface area contributed by atoms with Gasteiger partial charge in [-0.15, -0.1) is 0 Å². The normalized spacial score (nSPS) is 15.1.